The third-order valence-corrected chi connectivity index (χ3v) is 4.54. The zero-order valence-electron chi connectivity index (χ0n) is 11.9. The van der Waals surface area contributed by atoms with Crippen LogP contribution in [0.15, 0.2) is 0 Å². The number of H-pyrrole nitrogens is 1. The van der Waals surface area contributed by atoms with Crippen molar-refractivity contribution in [1.82, 2.24) is 14.8 Å². The van der Waals surface area contributed by atoms with Crippen molar-refractivity contribution in [2.75, 3.05) is 11.9 Å². The van der Waals surface area contributed by atoms with E-state index in [1.54, 1.807) is 0 Å². The predicted octanol–water partition coefficient (Wildman–Crippen LogP) is 3.37. The van der Waals surface area contributed by atoms with Crippen LogP contribution >= 0.6 is 12.2 Å². The van der Waals surface area contributed by atoms with E-state index in [1.807, 2.05) is 0 Å². The Hall–Kier alpha value is -0.840. The van der Waals surface area contributed by atoms with Crippen LogP contribution in [0.1, 0.15) is 46.5 Å². The molecule has 0 spiro atoms. The third kappa shape index (κ3) is 2.60. The summed E-state index contributed by atoms with van der Waals surface area (Å²) in [6.45, 7) is 7.70. The number of nitrogens with one attached hydrogen (secondary N) is 1. The molecule has 0 amide bonds. The monoisotopic (exact) mass is 268 g/mol. The average Bonchev–Trinajstić information content (AvgIpc) is 2.69. The Labute approximate surface area is 114 Å². The van der Waals surface area contributed by atoms with Gasteiger partial charge >= 0.3 is 0 Å². The summed E-state index contributed by atoms with van der Waals surface area (Å²) in [5.74, 6) is 0.979. The molecule has 1 N–H and O–H groups in total. The summed E-state index contributed by atoms with van der Waals surface area (Å²) < 4.78 is 2.78. The predicted molar refractivity (Wildman–Crippen MR) is 77.5 cm³/mol. The van der Waals surface area contributed by atoms with Gasteiger partial charge in [-0.15, -0.1) is 5.10 Å². The minimum absolute atomic E-state index is 0.507. The fraction of sp³-hybridized carbons (Fsp3) is 0.846. The summed E-state index contributed by atoms with van der Waals surface area (Å²) in [6.07, 6.45) is 5.07. The molecule has 1 fully saturated rings. The smallest absolute Gasteiger partial charge is 0.225 e. The van der Waals surface area contributed by atoms with Gasteiger partial charge < -0.3 is 4.90 Å². The molecule has 5 heteroatoms. The maximum Gasteiger partial charge on any atom is 0.225 e. The van der Waals surface area contributed by atoms with Crippen molar-refractivity contribution in [3.05, 3.63) is 4.77 Å². The quantitative estimate of drug-likeness (QED) is 0.854. The highest BCUT2D eigenvalue weighted by Gasteiger charge is 2.30. The van der Waals surface area contributed by atoms with Gasteiger partial charge in [-0.1, -0.05) is 13.8 Å². The first-order chi connectivity index (χ1) is 8.44. The van der Waals surface area contributed by atoms with Crippen molar-refractivity contribution in [1.29, 1.82) is 0 Å². The maximum atomic E-state index is 5.25. The highest BCUT2D eigenvalue weighted by atomic mass is 32.1. The van der Waals surface area contributed by atoms with Gasteiger partial charge in [0.1, 0.15) is 0 Å². The number of nitrogens with zero attached hydrogens (tertiary/aromatic N) is 3. The molecule has 0 atom stereocenters. The summed E-state index contributed by atoms with van der Waals surface area (Å²) in [6, 6.07) is 0.591. The van der Waals surface area contributed by atoms with Crippen molar-refractivity contribution < 1.29 is 0 Å². The summed E-state index contributed by atoms with van der Waals surface area (Å²) in [5, 5.41) is 7.27. The second-order valence-electron chi connectivity index (χ2n) is 6.08. The maximum absolute atomic E-state index is 5.25. The minimum atomic E-state index is 0.507. The second kappa shape index (κ2) is 5.03. The van der Waals surface area contributed by atoms with Gasteiger partial charge in [-0.3, -0.25) is 4.57 Å². The van der Waals surface area contributed by atoms with Crippen LogP contribution in [0.3, 0.4) is 0 Å². The molecule has 1 saturated carbocycles. The zero-order chi connectivity index (χ0) is 13.3. The van der Waals surface area contributed by atoms with Crippen LogP contribution in [0.25, 0.3) is 0 Å². The minimum Gasteiger partial charge on any atom is -0.341 e. The molecular weight excluding hydrogens is 244 g/mol. The van der Waals surface area contributed by atoms with E-state index in [1.165, 1.54) is 25.7 Å². The highest BCUT2D eigenvalue weighted by molar-refractivity contribution is 7.71. The van der Waals surface area contributed by atoms with Gasteiger partial charge in [-0.05, 0) is 50.2 Å². The van der Waals surface area contributed by atoms with E-state index in [-0.39, 0.29) is 0 Å². The molecule has 0 aliphatic heterocycles. The summed E-state index contributed by atoms with van der Waals surface area (Å²) in [4.78, 5) is 2.30. The lowest BCUT2D eigenvalue weighted by Crippen LogP contribution is -2.38. The van der Waals surface area contributed by atoms with Crippen molar-refractivity contribution >= 4 is 18.2 Å². The number of aromatic amines is 1. The number of hydrogen-bond acceptors (Lipinski definition) is 3. The van der Waals surface area contributed by atoms with E-state index < -0.39 is 0 Å². The van der Waals surface area contributed by atoms with E-state index in [0.717, 1.165) is 17.3 Å². The largest absolute Gasteiger partial charge is 0.341 e. The highest BCUT2D eigenvalue weighted by Crippen LogP contribution is 2.37. The molecule has 0 bridgehead atoms. The first-order valence-corrected chi connectivity index (χ1v) is 7.23. The first kappa shape index (κ1) is 13.6. The Morgan fingerprint density at radius 1 is 1.44 bits per heavy atom. The molecule has 1 aromatic rings. The molecule has 0 unspecified atom stereocenters. The summed E-state index contributed by atoms with van der Waals surface area (Å²) >= 11 is 5.25. The molecule has 0 saturated heterocycles. The van der Waals surface area contributed by atoms with E-state index >= 15 is 0 Å². The first-order valence-electron chi connectivity index (χ1n) is 6.82. The fourth-order valence-corrected chi connectivity index (χ4v) is 3.05. The van der Waals surface area contributed by atoms with Crippen molar-refractivity contribution in [2.24, 2.45) is 5.41 Å². The molecule has 1 heterocycles. The number of hydrogen-bond donors (Lipinski definition) is 1. The topological polar surface area (TPSA) is 36.9 Å². The van der Waals surface area contributed by atoms with E-state index in [2.05, 4.69) is 47.5 Å². The van der Waals surface area contributed by atoms with Crippen molar-refractivity contribution in [2.45, 2.75) is 59.0 Å². The molecule has 102 valence electrons. The molecule has 1 aliphatic rings. The van der Waals surface area contributed by atoms with Crippen LogP contribution in [0.4, 0.5) is 5.95 Å². The second-order valence-corrected chi connectivity index (χ2v) is 6.47. The molecule has 1 aliphatic carbocycles. The molecule has 2 rings (SSSR count). The Morgan fingerprint density at radius 2 is 2.06 bits per heavy atom. The molecule has 18 heavy (non-hydrogen) atoms. The van der Waals surface area contributed by atoms with E-state index in [4.69, 9.17) is 12.2 Å². The lowest BCUT2D eigenvalue weighted by atomic mass is 9.75. The van der Waals surface area contributed by atoms with Gasteiger partial charge in [-0.25, -0.2) is 5.10 Å². The Balaban J connectivity index is 2.12. The van der Waals surface area contributed by atoms with Crippen LogP contribution in [0, 0.1) is 10.2 Å². The van der Waals surface area contributed by atoms with Crippen LogP contribution in [0.5, 0.6) is 0 Å². The number of aromatic nitrogens is 3. The molecular formula is C13H24N4S. The third-order valence-electron chi connectivity index (χ3n) is 4.23. The summed E-state index contributed by atoms with van der Waals surface area (Å²) in [5.41, 5.74) is 0.507. The standard InChI is InChI=1S/C13H24N4S/c1-5-17-11(14-15-12(17)18)16(4)10-6-8-13(2,3)9-7-10/h10H,5-9H2,1-4H3,(H,15,18). The van der Waals surface area contributed by atoms with Crippen molar-refractivity contribution in [3.63, 3.8) is 0 Å². The average molecular weight is 268 g/mol. The number of rotatable bonds is 3. The van der Waals surface area contributed by atoms with Gasteiger partial charge in [0.15, 0.2) is 4.77 Å². The molecule has 1 aromatic heterocycles. The summed E-state index contributed by atoms with van der Waals surface area (Å²) in [7, 11) is 2.14. The lowest BCUT2D eigenvalue weighted by molar-refractivity contribution is 0.221. The van der Waals surface area contributed by atoms with Gasteiger partial charge in [0, 0.05) is 19.6 Å². The van der Waals surface area contributed by atoms with Crippen molar-refractivity contribution in [3.8, 4) is 0 Å². The van der Waals surface area contributed by atoms with Crippen LogP contribution in [0.2, 0.25) is 0 Å². The fourth-order valence-electron chi connectivity index (χ4n) is 2.80. The Kier molecular flexibility index (Phi) is 3.80. The molecule has 4 nitrogen and oxygen atoms in total. The van der Waals surface area contributed by atoms with Crippen LogP contribution < -0.4 is 4.90 Å². The lowest BCUT2D eigenvalue weighted by Gasteiger charge is -2.38. The Morgan fingerprint density at radius 3 is 2.61 bits per heavy atom. The van der Waals surface area contributed by atoms with E-state index in [9.17, 15) is 0 Å². The number of anilines is 1. The van der Waals surface area contributed by atoms with E-state index in [0.29, 0.717) is 11.5 Å². The van der Waals surface area contributed by atoms with Crippen LogP contribution in [-0.2, 0) is 6.54 Å². The Bertz CT molecular complexity index is 450. The van der Waals surface area contributed by atoms with Gasteiger partial charge in [-0.2, -0.15) is 0 Å². The van der Waals surface area contributed by atoms with Gasteiger partial charge in [0.25, 0.3) is 0 Å². The van der Waals surface area contributed by atoms with Crippen LogP contribution in [-0.4, -0.2) is 27.9 Å². The SMILES string of the molecule is CCn1c(N(C)C2CCC(C)(C)CC2)n[nH]c1=S. The zero-order valence-corrected chi connectivity index (χ0v) is 12.7. The van der Waals surface area contributed by atoms with Gasteiger partial charge in [0.2, 0.25) is 5.95 Å². The normalized spacial score (nSPS) is 20.0. The van der Waals surface area contributed by atoms with Gasteiger partial charge in [0.05, 0.1) is 0 Å². The molecule has 0 radical (unpaired) electrons. The molecule has 0 aromatic carbocycles.